The van der Waals surface area contributed by atoms with E-state index >= 15 is 0 Å². The molecule has 0 bridgehead atoms. The molecule has 0 aromatic carbocycles. The number of aliphatic hydroxyl groups is 1. The zero-order valence-electron chi connectivity index (χ0n) is 11.9. The van der Waals surface area contributed by atoms with Crippen LogP contribution in [0.4, 0.5) is 13.2 Å². The summed E-state index contributed by atoms with van der Waals surface area (Å²) in [7, 11) is 0. The monoisotopic (exact) mass is 309 g/mol. The Morgan fingerprint density at radius 3 is 2.57 bits per heavy atom. The number of likely N-dealkylation sites (tertiary alicyclic amines) is 1. The molecule has 122 valence electrons. The SMILES string of the molecule is O=C(COCC(F)(F)F)N1CCC[C@@H]1[C@H]1CCCC[C@@H]1O. The first-order valence-corrected chi connectivity index (χ1v) is 7.50. The Labute approximate surface area is 122 Å². The maximum atomic E-state index is 12.0. The summed E-state index contributed by atoms with van der Waals surface area (Å²) in [6.45, 7) is -1.40. The van der Waals surface area contributed by atoms with Crippen LogP contribution in [0.2, 0.25) is 0 Å². The van der Waals surface area contributed by atoms with E-state index in [0.29, 0.717) is 6.54 Å². The second-order valence-corrected chi connectivity index (χ2v) is 5.92. The van der Waals surface area contributed by atoms with E-state index in [1.165, 1.54) is 0 Å². The van der Waals surface area contributed by atoms with Gasteiger partial charge in [0, 0.05) is 18.5 Å². The van der Waals surface area contributed by atoms with Gasteiger partial charge < -0.3 is 14.7 Å². The molecule has 1 amide bonds. The van der Waals surface area contributed by atoms with Gasteiger partial charge in [0.2, 0.25) is 5.91 Å². The third-order valence-electron chi connectivity index (χ3n) is 4.39. The number of rotatable bonds is 4. The largest absolute Gasteiger partial charge is 0.411 e. The number of alkyl halides is 3. The maximum Gasteiger partial charge on any atom is 0.411 e. The summed E-state index contributed by atoms with van der Waals surface area (Å²) in [4.78, 5) is 13.6. The average Bonchev–Trinajstić information content (AvgIpc) is 2.86. The number of carbonyl (C=O) groups excluding carboxylic acids is 1. The van der Waals surface area contributed by atoms with Crippen LogP contribution in [0.15, 0.2) is 0 Å². The minimum absolute atomic E-state index is 0.0489. The topological polar surface area (TPSA) is 49.8 Å². The van der Waals surface area contributed by atoms with Crippen molar-refractivity contribution in [2.24, 2.45) is 5.92 Å². The van der Waals surface area contributed by atoms with Crippen LogP contribution in [0.25, 0.3) is 0 Å². The van der Waals surface area contributed by atoms with Gasteiger partial charge in [-0.25, -0.2) is 0 Å². The molecule has 2 fully saturated rings. The van der Waals surface area contributed by atoms with Gasteiger partial charge in [0.05, 0.1) is 6.10 Å². The van der Waals surface area contributed by atoms with Crippen LogP contribution in [0, 0.1) is 5.92 Å². The Balaban J connectivity index is 1.87. The fraction of sp³-hybridized carbons (Fsp3) is 0.929. The second kappa shape index (κ2) is 6.96. The quantitative estimate of drug-likeness (QED) is 0.865. The molecule has 0 aromatic rings. The molecule has 0 unspecified atom stereocenters. The van der Waals surface area contributed by atoms with Gasteiger partial charge in [-0.05, 0) is 25.7 Å². The molecule has 1 aliphatic carbocycles. The van der Waals surface area contributed by atoms with Gasteiger partial charge in [0.25, 0.3) is 0 Å². The summed E-state index contributed by atoms with van der Waals surface area (Å²) in [6.07, 6.45) is 0.467. The van der Waals surface area contributed by atoms with E-state index in [9.17, 15) is 23.1 Å². The first-order valence-electron chi connectivity index (χ1n) is 7.50. The molecule has 0 spiro atoms. The third kappa shape index (κ3) is 4.57. The summed E-state index contributed by atoms with van der Waals surface area (Å²) in [5, 5.41) is 10.1. The van der Waals surface area contributed by atoms with Gasteiger partial charge in [-0.3, -0.25) is 4.79 Å². The van der Waals surface area contributed by atoms with E-state index in [4.69, 9.17) is 0 Å². The van der Waals surface area contributed by atoms with Crippen molar-refractivity contribution >= 4 is 5.91 Å². The number of halogens is 3. The van der Waals surface area contributed by atoms with Crippen molar-refractivity contribution in [3.05, 3.63) is 0 Å². The molecule has 1 N–H and O–H groups in total. The predicted octanol–water partition coefficient (Wildman–Crippen LogP) is 2.11. The highest BCUT2D eigenvalue weighted by atomic mass is 19.4. The van der Waals surface area contributed by atoms with Crippen molar-refractivity contribution in [3.8, 4) is 0 Å². The van der Waals surface area contributed by atoms with Crippen LogP contribution in [0.3, 0.4) is 0 Å². The van der Waals surface area contributed by atoms with E-state index in [1.807, 2.05) is 0 Å². The highest BCUT2D eigenvalue weighted by Crippen LogP contribution is 2.34. The lowest BCUT2D eigenvalue weighted by Crippen LogP contribution is -2.46. The minimum atomic E-state index is -4.41. The van der Waals surface area contributed by atoms with Gasteiger partial charge >= 0.3 is 6.18 Å². The summed E-state index contributed by atoms with van der Waals surface area (Å²) < 4.78 is 40.5. The molecular weight excluding hydrogens is 287 g/mol. The van der Waals surface area contributed by atoms with Crippen molar-refractivity contribution in [3.63, 3.8) is 0 Å². The molecule has 1 saturated heterocycles. The highest BCUT2D eigenvalue weighted by Gasteiger charge is 2.39. The Morgan fingerprint density at radius 1 is 1.19 bits per heavy atom. The average molecular weight is 309 g/mol. The van der Waals surface area contributed by atoms with Gasteiger partial charge in [-0.2, -0.15) is 13.2 Å². The molecule has 7 heteroatoms. The van der Waals surface area contributed by atoms with Gasteiger partial charge in [0.1, 0.15) is 13.2 Å². The van der Waals surface area contributed by atoms with Crippen molar-refractivity contribution in [2.75, 3.05) is 19.8 Å². The number of hydrogen-bond donors (Lipinski definition) is 1. The Bertz CT molecular complexity index is 362. The normalized spacial score (nSPS) is 30.7. The summed E-state index contributed by atoms with van der Waals surface area (Å²) in [6, 6.07) is -0.0534. The van der Waals surface area contributed by atoms with Crippen LogP contribution >= 0.6 is 0 Å². The number of nitrogens with zero attached hydrogens (tertiary/aromatic N) is 1. The Kier molecular flexibility index (Phi) is 5.48. The fourth-order valence-electron chi connectivity index (χ4n) is 3.47. The second-order valence-electron chi connectivity index (χ2n) is 5.92. The zero-order chi connectivity index (χ0) is 15.5. The van der Waals surface area contributed by atoms with Crippen LogP contribution in [0.5, 0.6) is 0 Å². The Hall–Kier alpha value is -0.820. The van der Waals surface area contributed by atoms with Crippen molar-refractivity contribution in [2.45, 2.75) is 56.8 Å². The Morgan fingerprint density at radius 2 is 1.90 bits per heavy atom. The van der Waals surface area contributed by atoms with Crippen molar-refractivity contribution in [1.82, 2.24) is 4.90 Å². The molecule has 1 heterocycles. The first-order chi connectivity index (χ1) is 9.88. The number of aliphatic hydroxyl groups excluding tert-OH is 1. The van der Waals surface area contributed by atoms with Crippen LogP contribution in [0.1, 0.15) is 38.5 Å². The number of ether oxygens (including phenoxy) is 1. The van der Waals surface area contributed by atoms with E-state index < -0.39 is 31.4 Å². The van der Waals surface area contributed by atoms with Crippen molar-refractivity contribution < 1.29 is 27.8 Å². The number of hydrogen-bond acceptors (Lipinski definition) is 3. The molecule has 1 saturated carbocycles. The lowest BCUT2D eigenvalue weighted by molar-refractivity contribution is -0.178. The standard InChI is InChI=1S/C14H22F3NO3/c15-14(16,17)9-21-8-13(20)18-7-3-5-11(18)10-4-1-2-6-12(10)19/h10-12,19H,1-9H2/t10-,11-,12+/m1/s1. The van der Waals surface area contributed by atoms with Crippen LogP contribution < -0.4 is 0 Å². The molecule has 4 nitrogen and oxygen atoms in total. The molecular formula is C14H22F3NO3. The van der Waals surface area contributed by atoms with Gasteiger partial charge in [0.15, 0.2) is 0 Å². The van der Waals surface area contributed by atoms with Crippen LogP contribution in [-0.2, 0) is 9.53 Å². The molecule has 0 aromatic heterocycles. The third-order valence-corrected chi connectivity index (χ3v) is 4.39. The molecule has 0 radical (unpaired) electrons. The number of carbonyl (C=O) groups is 1. The molecule has 2 rings (SSSR count). The van der Waals surface area contributed by atoms with Crippen molar-refractivity contribution in [1.29, 1.82) is 0 Å². The number of amides is 1. The summed E-state index contributed by atoms with van der Waals surface area (Å²) in [5.41, 5.74) is 0. The molecule has 2 aliphatic rings. The summed E-state index contributed by atoms with van der Waals surface area (Å²) in [5.74, 6) is -0.354. The zero-order valence-corrected chi connectivity index (χ0v) is 11.9. The lowest BCUT2D eigenvalue weighted by Gasteiger charge is -2.37. The summed E-state index contributed by atoms with van der Waals surface area (Å²) >= 11 is 0. The smallest absolute Gasteiger partial charge is 0.393 e. The first kappa shape index (κ1) is 16.5. The van der Waals surface area contributed by atoms with E-state index in [0.717, 1.165) is 38.5 Å². The maximum absolute atomic E-state index is 12.0. The van der Waals surface area contributed by atoms with E-state index in [2.05, 4.69) is 4.74 Å². The predicted molar refractivity (Wildman–Crippen MR) is 69.6 cm³/mol. The lowest BCUT2D eigenvalue weighted by atomic mass is 9.80. The van der Waals surface area contributed by atoms with Crippen LogP contribution in [-0.4, -0.2) is 54.0 Å². The molecule has 21 heavy (non-hydrogen) atoms. The van der Waals surface area contributed by atoms with E-state index in [-0.39, 0.29) is 12.0 Å². The molecule has 1 aliphatic heterocycles. The van der Waals surface area contributed by atoms with E-state index in [1.54, 1.807) is 4.90 Å². The fourth-order valence-corrected chi connectivity index (χ4v) is 3.47. The minimum Gasteiger partial charge on any atom is -0.393 e. The van der Waals surface area contributed by atoms with Gasteiger partial charge in [-0.15, -0.1) is 0 Å². The molecule has 3 atom stereocenters. The highest BCUT2D eigenvalue weighted by molar-refractivity contribution is 5.78. The van der Waals surface area contributed by atoms with Gasteiger partial charge in [-0.1, -0.05) is 12.8 Å².